The standard InChI is InChI=1S/C23H26N2O2/c1-2-26-16-15-25-14-13-21-20(17-25)23(24-27-21)22(18-9-5-3-6-10-18)19-11-7-4-8-12-19/h3-12,22H,2,13-17H2,1H3. The summed E-state index contributed by atoms with van der Waals surface area (Å²) in [6, 6.07) is 21.2. The van der Waals surface area contributed by atoms with Crippen LogP contribution in [0.3, 0.4) is 0 Å². The summed E-state index contributed by atoms with van der Waals surface area (Å²) < 4.78 is 11.3. The molecule has 4 rings (SSSR count). The molecule has 0 atom stereocenters. The Hall–Kier alpha value is -2.43. The fraction of sp³-hybridized carbons (Fsp3) is 0.348. The average molecular weight is 362 g/mol. The minimum absolute atomic E-state index is 0.0896. The summed E-state index contributed by atoms with van der Waals surface area (Å²) in [5, 5.41) is 4.55. The molecule has 4 nitrogen and oxygen atoms in total. The predicted octanol–water partition coefficient (Wildman–Crippen LogP) is 4.25. The van der Waals surface area contributed by atoms with Crippen LogP contribution in [0.1, 0.15) is 41.0 Å². The molecule has 0 amide bonds. The monoisotopic (exact) mass is 362 g/mol. The number of benzene rings is 2. The molecule has 4 heteroatoms. The number of hydrogen-bond donors (Lipinski definition) is 0. The molecule has 3 aromatic rings. The Morgan fingerprint density at radius 1 is 1.04 bits per heavy atom. The third-order valence-corrected chi connectivity index (χ3v) is 5.23. The van der Waals surface area contributed by atoms with Gasteiger partial charge < -0.3 is 9.26 Å². The van der Waals surface area contributed by atoms with Gasteiger partial charge in [-0.3, -0.25) is 4.90 Å². The minimum Gasteiger partial charge on any atom is -0.380 e. The molecule has 2 heterocycles. The van der Waals surface area contributed by atoms with E-state index in [0.29, 0.717) is 0 Å². The second kappa shape index (κ2) is 8.51. The van der Waals surface area contributed by atoms with Crippen LogP contribution in [0.5, 0.6) is 0 Å². The molecule has 140 valence electrons. The molecule has 0 bridgehead atoms. The zero-order chi connectivity index (χ0) is 18.5. The fourth-order valence-corrected chi connectivity index (χ4v) is 3.84. The van der Waals surface area contributed by atoms with Gasteiger partial charge >= 0.3 is 0 Å². The molecule has 0 radical (unpaired) electrons. The minimum atomic E-state index is 0.0896. The predicted molar refractivity (Wildman–Crippen MR) is 106 cm³/mol. The van der Waals surface area contributed by atoms with Crippen molar-refractivity contribution in [3.05, 3.63) is 88.8 Å². The van der Waals surface area contributed by atoms with Gasteiger partial charge in [0.15, 0.2) is 0 Å². The molecule has 0 fully saturated rings. The highest BCUT2D eigenvalue weighted by molar-refractivity contribution is 5.44. The smallest absolute Gasteiger partial charge is 0.142 e. The van der Waals surface area contributed by atoms with Gasteiger partial charge in [-0.2, -0.15) is 0 Å². The van der Waals surface area contributed by atoms with Gasteiger partial charge in [-0.1, -0.05) is 65.8 Å². The molecular weight excluding hydrogens is 336 g/mol. The SMILES string of the molecule is CCOCCN1CCc2onc(C(c3ccccc3)c3ccccc3)c2C1. The van der Waals surface area contributed by atoms with E-state index >= 15 is 0 Å². The van der Waals surface area contributed by atoms with Crippen LogP contribution in [-0.4, -0.2) is 36.4 Å². The third-order valence-electron chi connectivity index (χ3n) is 5.23. The normalized spacial score (nSPS) is 14.4. The molecule has 0 aliphatic carbocycles. The second-order valence-corrected chi connectivity index (χ2v) is 6.95. The highest BCUT2D eigenvalue weighted by Gasteiger charge is 2.29. The summed E-state index contributed by atoms with van der Waals surface area (Å²) in [7, 11) is 0. The number of fused-ring (bicyclic) bond motifs is 1. The van der Waals surface area contributed by atoms with E-state index in [9.17, 15) is 0 Å². The molecule has 0 unspecified atom stereocenters. The van der Waals surface area contributed by atoms with Gasteiger partial charge in [0.25, 0.3) is 0 Å². The lowest BCUT2D eigenvalue weighted by Crippen LogP contribution is -2.33. The van der Waals surface area contributed by atoms with Crippen LogP contribution in [-0.2, 0) is 17.7 Å². The lowest BCUT2D eigenvalue weighted by atomic mass is 9.85. The first-order chi connectivity index (χ1) is 13.4. The van der Waals surface area contributed by atoms with Gasteiger partial charge in [0.05, 0.1) is 12.5 Å². The molecule has 0 N–H and O–H groups in total. The lowest BCUT2D eigenvalue weighted by molar-refractivity contribution is 0.106. The molecule has 0 saturated heterocycles. The van der Waals surface area contributed by atoms with Gasteiger partial charge in [-0.15, -0.1) is 0 Å². The molecule has 1 aliphatic heterocycles. The highest BCUT2D eigenvalue weighted by Crippen LogP contribution is 2.36. The van der Waals surface area contributed by atoms with Crippen LogP contribution in [0.25, 0.3) is 0 Å². The summed E-state index contributed by atoms with van der Waals surface area (Å²) >= 11 is 0. The summed E-state index contributed by atoms with van der Waals surface area (Å²) in [6.07, 6.45) is 0.907. The van der Waals surface area contributed by atoms with Crippen LogP contribution < -0.4 is 0 Å². The van der Waals surface area contributed by atoms with E-state index in [1.54, 1.807) is 0 Å². The Labute approximate surface area is 160 Å². The van der Waals surface area contributed by atoms with Gasteiger partial charge in [0.1, 0.15) is 11.5 Å². The first kappa shape index (κ1) is 18.0. The molecule has 2 aromatic carbocycles. The number of rotatable bonds is 7. The quantitative estimate of drug-likeness (QED) is 0.589. The topological polar surface area (TPSA) is 38.5 Å². The van der Waals surface area contributed by atoms with Crippen LogP contribution in [0.4, 0.5) is 0 Å². The maximum absolute atomic E-state index is 5.78. The maximum Gasteiger partial charge on any atom is 0.142 e. The second-order valence-electron chi connectivity index (χ2n) is 6.95. The Morgan fingerprint density at radius 2 is 1.70 bits per heavy atom. The van der Waals surface area contributed by atoms with Crippen molar-refractivity contribution in [3.8, 4) is 0 Å². The molecule has 27 heavy (non-hydrogen) atoms. The molecular formula is C23H26N2O2. The van der Waals surface area contributed by atoms with Crippen molar-refractivity contribution in [2.45, 2.75) is 25.8 Å². The third kappa shape index (κ3) is 3.97. The van der Waals surface area contributed by atoms with Crippen molar-refractivity contribution in [1.82, 2.24) is 10.1 Å². The number of aromatic nitrogens is 1. The Morgan fingerprint density at radius 3 is 2.33 bits per heavy atom. The van der Waals surface area contributed by atoms with E-state index < -0.39 is 0 Å². The van der Waals surface area contributed by atoms with Crippen LogP contribution in [0.15, 0.2) is 65.2 Å². The first-order valence-electron chi connectivity index (χ1n) is 9.74. The number of hydrogen-bond acceptors (Lipinski definition) is 4. The van der Waals surface area contributed by atoms with E-state index in [4.69, 9.17) is 9.26 Å². The first-order valence-corrected chi connectivity index (χ1v) is 9.74. The van der Waals surface area contributed by atoms with E-state index in [2.05, 4.69) is 70.7 Å². The van der Waals surface area contributed by atoms with Crippen LogP contribution in [0.2, 0.25) is 0 Å². The van der Waals surface area contributed by atoms with Gasteiger partial charge in [-0.25, -0.2) is 0 Å². The molecule has 0 spiro atoms. The Balaban J connectivity index is 1.68. The number of nitrogens with zero attached hydrogens (tertiary/aromatic N) is 2. The Kier molecular flexibility index (Phi) is 5.66. The zero-order valence-corrected chi connectivity index (χ0v) is 15.8. The van der Waals surface area contributed by atoms with E-state index in [1.807, 2.05) is 6.92 Å². The summed E-state index contributed by atoms with van der Waals surface area (Å²) in [4.78, 5) is 2.44. The van der Waals surface area contributed by atoms with Crippen molar-refractivity contribution in [2.75, 3.05) is 26.3 Å². The Bertz CT molecular complexity index is 806. The van der Waals surface area contributed by atoms with Gasteiger partial charge in [0, 0.05) is 38.2 Å². The summed E-state index contributed by atoms with van der Waals surface area (Å²) in [6.45, 7) is 6.39. The summed E-state index contributed by atoms with van der Waals surface area (Å²) in [5.41, 5.74) is 4.77. The highest BCUT2D eigenvalue weighted by atomic mass is 16.5. The van der Waals surface area contributed by atoms with Gasteiger partial charge in [-0.05, 0) is 18.1 Å². The van der Waals surface area contributed by atoms with Gasteiger partial charge in [0.2, 0.25) is 0 Å². The van der Waals surface area contributed by atoms with Crippen molar-refractivity contribution < 1.29 is 9.26 Å². The van der Waals surface area contributed by atoms with Crippen molar-refractivity contribution in [3.63, 3.8) is 0 Å². The fourth-order valence-electron chi connectivity index (χ4n) is 3.84. The molecule has 0 saturated carbocycles. The van der Waals surface area contributed by atoms with Crippen LogP contribution in [0, 0.1) is 0 Å². The molecule has 1 aromatic heterocycles. The van der Waals surface area contributed by atoms with E-state index in [-0.39, 0.29) is 5.92 Å². The van der Waals surface area contributed by atoms with E-state index in [0.717, 1.165) is 50.7 Å². The summed E-state index contributed by atoms with van der Waals surface area (Å²) in [5.74, 6) is 1.13. The largest absolute Gasteiger partial charge is 0.380 e. The van der Waals surface area contributed by atoms with E-state index in [1.165, 1.54) is 16.7 Å². The molecule has 1 aliphatic rings. The number of ether oxygens (including phenoxy) is 1. The van der Waals surface area contributed by atoms with Crippen molar-refractivity contribution in [1.29, 1.82) is 0 Å². The van der Waals surface area contributed by atoms with Crippen LogP contribution >= 0.6 is 0 Å². The van der Waals surface area contributed by atoms with Crippen molar-refractivity contribution in [2.24, 2.45) is 0 Å². The lowest BCUT2D eigenvalue weighted by Gasteiger charge is -2.27. The average Bonchev–Trinajstić information content (AvgIpc) is 3.13. The zero-order valence-electron chi connectivity index (χ0n) is 15.8. The maximum atomic E-state index is 5.78. The van der Waals surface area contributed by atoms with Crippen molar-refractivity contribution >= 4 is 0 Å².